The van der Waals surface area contributed by atoms with Crippen LogP contribution < -0.4 is 37.5 Å². The molecule has 9 N–H and O–H groups in total. The van der Waals surface area contributed by atoms with Crippen LogP contribution in [0.25, 0.3) is 10.9 Å². The van der Waals surface area contributed by atoms with Crippen LogP contribution in [0.3, 0.4) is 0 Å². The third-order valence-electron chi connectivity index (χ3n) is 9.11. The molecule has 5 amide bonds. The molecule has 4 atom stereocenters. The topological polar surface area (TPSA) is 220 Å². The highest BCUT2D eigenvalue weighted by Gasteiger charge is 2.31. The molecule has 0 aliphatic carbocycles. The summed E-state index contributed by atoms with van der Waals surface area (Å²) in [5, 5.41) is 11.8. The van der Waals surface area contributed by atoms with Gasteiger partial charge in [0.2, 0.25) is 23.6 Å². The average Bonchev–Trinajstić information content (AvgIpc) is 3.56. The van der Waals surface area contributed by atoms with Crippen LogP contribution in [-0.2, 0) is 43.2 Å². The van der Waals surface area contributed by atoms with Gasteiger partial charge < -0.3 is 47.2 Å². The number of H-pyrrole nitrogens is 1. The van der Waals surface area contributed by atoms with Gasteiger partial charge >= 0.3 is 6.09 Å². The van der Waals surface area contributed by atoms with E-state index in [1.807, 2.05) is 45.0 Å². The number of halogens is 1. The highest BCUT2D eigenvalue weighted by molar-refractivity contribution is 5.95. The molecule has 15 heteroatoms. The Morgan fingerprint density at radius 2 is 1.31 bits per heavy atom. The van der Waals surface area contributed by atoms with E-state index in [-0.39, 0.29) is 32.2 Å². The number of carbonyl (C=O) groups is 5. The van der Waals surface area contributed by atoms with Gasteiger partial charge in [-0.1, -0.05) is 42.5 Å². The number of nitrogens with one attached hydrogen (secondary N) is 5. The van der Waals surface area contributed by atoms with E-state index in [4.69, 9.17) is 20.9 Å². The Bertz CT molecular complexity index is 2040. The first kappa shape index (κ1) is 45.7. The molecule has 0 spiro atoms. The molecule has 0 saturated carbocycles. The van der Waals surface area contributed by atoms with E-state index in [1.165, 1.54) is 24.3 Å². The highest BCUT2D eigenvalue weighted by Crippen LogP contribution is 2.21. The maximum Gasteiger partial charge on any atom is 0.407 e. The third-order valence-corrected chi connectivity index (χ3v) is 9.11. The van der Waals surface area contributed by atoms with Gasteiger partial charge in [-0.25, -0.2) is 9.18 Å². The van der Waals surface area contributed by atoms with Crippen LogP contribution in [0, 0.1) is 5.82 Å². The Hall–Kier alpha value is -5.96. The second-order valence-corrected chi connectivity index (χ2v) is 16.6. The molecule has 4 rings (SSSR count). The van der Waals surface area contributed by atoms with Crippen molar-refractivity contribution in [3.8, 4) is 5.75 Å². The number of para-hydroxylation sites is 1. The summed E-state index contributed by atoms with van der Waals surface area (Å²) < 4.78 is 24.8. The predicted molar refractivity (Wildman–Crippen MR) is 224 cm³/mol. The van der Waals surface area contributed by atoms with Gasteiger partial charge in [0.1, 0.15) is 40.9 Å². The maximum absolute atomic E-state index is 14.2. The number of amides is 5. The van der Waals surface area contributed by atoms with Crippen LogP contribution >= 0.6 is 0 Å². The van der Waals surface area contributed by atoms with Crippen molar-refractivity contribution >= 4 is 40.6 Å². The van der Waals surface area contributed by atoms with Gasteiger partial charge in [0, 0.05) is 36.5 Å². The average molecular weight is 816 g/mol. The van der Waals surface area contributed by atoms with E-state index in [2.05, 4.69) is 26.3 Å². The lowest BCUT2D eigenvalue weighted by Crippen LogP contribution is -2.58. The lowest BCUT2D eigenvalue weighted by molar-refractivity contribution is -0.133. The normalized spacial score (nSPS) is 13.7. The van der Waals surface area contributed by atoms with Crippen LogP contribution in [0.1, 0.15) is 77.5 Å². The summed E-state index contributed by atoms with van der Waals surface area (Å²) in [5.74, 6) is -2.56. The SMILES string of the molecule is CC(C)(C)OC(=O)NCCCC[C@H](NC(=O)[C@H](Cc1ccc(OC(C)(C)C)cc1)NC(=O)[C@@H](N)Cc1ccc(F)cc1)C(=O)N[C@@H](Cc1c[nH]c2ccccc12)C(N)=O. The molecule has 14 nitrogen and oxygen atoms in total. The van der Waals surface area contributed by atoms with Crippen molar-refractivity contribution < 1.29 is 37.8 Å². The van der Waals surface area contributed by atoms with Crippen LogP contribution in [0.5, 0.6) is 5.75 Å². The first-order chi connectivity index (χ1) is 27.8. The van der Waals surface area contributed by atoms with Crippen molar-refractivity contribution in [2.75, 3.05) is 6.54 Å². The zero-order valence-corrected chi connectivity index (χ0v) is 34.7. The zero-order valence-electron chi connectivity index (χ0n) is 34.7. The summed E-state index contributed by atoms with van der Waals surface area (Å²) in [7, 11) is 0. The first-order valence-corrected chi connectivity index (χ1v) is 19.8. The Morgan fingerprint density at radius 3 is 1.95 bits per heavy atom. The van der Waals surface area contributed by atoms with Crippen molar-refractivity contribution in [1.29, 1.82) is 0 Å². The second-order valence-electron chi connectivity index (χ2n) is 16.6. The number of unbranched alkanes of at least 4 members (excludes halogenated alkanes) is 1. The second kappa shape index (κ2) is 20.6. The predicted octanol–water partition coefficient (Wildman–Crippen LogP) is 4.47. The summed E-state index contributed by atoms with van der Waals surface area (Å²) in [6, 6.07) is 15.6. The van der Waals surface area contributed by atoms with E-state index in [9.17, 15) is 28.4 Å². The first-order valence-electron chi connectivity index (χ1n) is 19.8. The van der Waals surface area contributed by atoms with Crippen molar-refractivity contribution in [2.24, 2.45) is 11.5 Å². The molecule has 4 aromatic rings. The van der Waals surface area contributed by atoms with Crippen LogP contribution in [0.2, 0.25) is 0 Å². The Labute approximate surface area is 344 Å². The number of nitrogens with two attached hydrogens (primary N) is 2. The fourth-order valence-corrected chi connectivity index (χ4v) is 6.27. The summed E-state index contributed by atoms with van der Waals surface area (Å²) in [6.45, 7) is 11.3. The number of benzene rings is 3. The third kappa shape index (κ3) is 15.4. The number of alkyl carbamates (subject to hydrolysis) is 1. The van der Waals surface area contributed by atoms with Gasteiger partial charge in [0.05, 0.1) is 6.04 Å². The quantitative estimate of drug-likeness (QED) is 0.0668. The lowest BCUT2D eigenvalue weighted by atomic mass is 10.0. The number of aromatic nitrogens is 1. The van der Waals surface area contributed by atoms with E-state index in [0.29, 0.717) is 29.7 Å². The van der Waals surface area contributed by atoms with Gasteiger partial charge in [0.25, 0.3) is 0 Å². The van der Waals surface area contributed by atoms with Gasteiger partial charge in [-0.05, 0) is 114 Å². The van der Waals surface area contributed by atoms with Crippen LogP contribution in [0.15, 0.2) is 79.0 Å². The van der Waals surface area contributed by atoms with Crippen LogP contribution in [-0.4, -0.2) is 76.6 Å². The Kier molecular flexibility index (Phi) is 16.0. The Morgan fingerprint density at radius 1 is 0.712 bits per heavy atom. The molecule has 1 aromatic heterocycles. The van der Waals surface area contributed by atoms with Crippen molar-refractivity contribution in [3.05, 3.63) is 102 Å². The molecule has 1 heterocycles. The number of hydrogen-bond donors (Lipinski definition) is 7. The molecule has 59 heavy (non-hydrogen) atoms. The zero-order chi connectivity index (χ0) is 43.3. The van der Waals surface area contributed by atoms with E-state index in [1.54, 1.807) is 51.2 Å². The van der Waals surface area contributed by atoms with Gasteiger partial charge in [-0.15, -0.1) is 0 Å². The van der Waals surface area contributed by atoms with Gasteiger partial charge in [0.15, 0.2) is 0 Å². The van der Waals surface area contributed by atoms with Crippen LogP contribution in [0.4, 0.5) is 9.18 Å². The molecule has 3 aromatic carbocycles. The molecule has 0 fully saturated rings. The molecular weight excluding hydrogens is 758 g/mol. The van der Waals surface area contributed by atoms with Crippen molar-refractivity contribution in [1.82, 2.24) is 26.3 Å². The number of hydrogen-bond acceptors (Lipinski definition) is 8. The fourth-order valence-electron chi connectivity index (χ4n) is 6.27. The highest BCUT2D eigenvalue weighted by atomic mass is 19.1. The molecular formula is C44H58FN7O7. The molecule has 0 saturated heterocycles. The lowest BCUT2D eigenvalue weighted by Gasteiger charge is -2.26. The van der Waals surface area contributed by atoms with Crippen molar-refractivity contribution in [2.45, 2.75) is 115 Å². The van der Waals surface area contributed by atoms with Gasteiger partial charge in [-0.2, -0.15) is 0 Å². The summed E-state index contributed by atoms with van der Waals surface area (Å²) in [6.07, 6.45) is 2.25. The Balaban J connectivity index is 1.55. The monoisotopic (exact) mass is 815 g/mol. The number of ether oxygens (including phenoxy) is 2. The largest absolute Gasteiger partial charge is 0.488 e. The molecule has 0 unspecified atom stereocenters. The molecule has 0 radical (unpaired) electrons. The molecule has 0 bridgehead atoms. The number of aromatic amines is 1. The molecule has 318 valence electrons. The summed E-state index contributed by atoms with van der Waals surface area (Å²) in [4.78, 5) is 69.8. The maximum atomic E-state index is 14.2. The molecule has 0 aliphatic heterocycles. The minimum absolute atomic E-state index is 0.0231. The van der Waals surface area contributed by atoms with E-state index in [0.717, 1.165) is 16.5 Å². The van der Waals surface area contributed by atoms with Crippen molar-refractivity contribution in [3.63, 3.8) is 0 Å². The smallest absolute Gasteiger partial charge is 0.407 e. The minimum atomic E-state index is -1.20. The number of fused-ring (bicyclic) bond motifs is 1. The summed E-state index contributed by atoms with van der Waals surface area (Å²) in [5.41, 5.74) is 13.9. The molecule has 0 aliphatic rings. The summed E-state index contributed by atoms with van der Waals surface area (Å²) >= 11 is 0. The minimum Gasteiger partial charge on any atom is -0.488 e. The van der Waals surface area contributed by atoms with E-state index < -0.39 is 70.9 Å². The fraction of sp³-hybridized carbons (Fsp3) is 0.432. The number of rotatable bonds is 19. The van der Waals surface area contributed by atoms with E-state index >= 15 is 0 Å². The standard InChI is InChI=1S/C44H58FN7O7/c1-43(2,3)58-31-20-16-28(17-21-31)24-37(52-39(54)33(46)23-27-14-18-30(45)19-15-27)41(56)50-35(13-9-10-22-48-42(57)59-44(4,5)6)40(55)51-36(38(47)53)25-29-26-49-34-12-8-7-11-32(29)34/h7-8,11-12,14-21,26,33,35-37,49H,9-10,13,22-25,46H2,1-6H3,(H2,47,53)(H,48,57)(H,50,56)(H,51,55)(H,52,54)/t33-,35-,36-,37-/m0/s1. The number of primary amides is 1. The number of carbonyl (C=O) groups excluding carboxylic acids is 5. The van der Waals surface area contributed by atoms with Gasteiger partial charge in [-0.3, -0.25) is 19.2 Å².